The summed E-state index contributed by atoms with van der Waals surface area (Å²) in [7, 11) is 1.55. The van der Waals surface area contributed by atoms with E-state index in [1.54, 1.807) is 7.05 Å². The molecule has 0 spiro atoms. The fraction of sp³-hybridized carbons (Fsp3) is 0.364. The summed E-state index contributed by atoms with van der Waals surface area (Å²) in [4.78, 5) is 13.5. The van der Waals surface area contributed by atoms with E-state index < -0.39 is 41.2 Å². The van der Waals surface area contributed by atoms with Crippen LogP contribution in [0.3, 0.4) is 0 Å². The predicted octanol–water partition coefficient (Wildman–Crippen LogP) is 3.31. The van der Waals surface area contributed by atoms with Crippen molar-refractivity contribution in [1.29, 1.82) is 0 Å². The first-order valence-corrected chi connectivity index (χ1v) is 11.1. The third-order valence-electron chi connectivity index (χ3n) is 5.79. The minimum Gasteiger partial charge on any atom is -0.368 e. The molecule has 1 fully saturated rings. The van der Waals surface area contributed by atoms with Crippen molar-refractivity contribution in [3.8, 4) is 0 Å². The van der Waals surface area contributed by atoms with Gasteiger partial charge in [-0.05, 0) is 17.7 Å². The van der Waals surface area contributed by atoms with Crippen LogP contribution in [0, 0.1) is 5.82 Å². The number of alkyl halides is 6. The highest BCUT2D eigenvalue weighted by Gasteiger charge is 2.38. The molecule has 1 aromatic carbocycles. The molecule has 3 heterocycles. The van der Waals surface area contributed by atoms with Gasteiger partial charge in [0.1, 0.15) is 11.6 Å². The lowest BCUT2D eigenvalue weighted by Crippen LogP contribution is -2.53. The van der Waals surface area contributed by atoms with E-state index in [0.29, 0.717) is 41.1 Å². The van der Waals surface area contributed by atoms with Crippen LogP contribution in [0.5, 0.6) is 0 Å². The van der Waals surface area contributed by atoms with Crippen LogP contribution in [0.25, 0.3) is 5.65 Å². The van der Waals surface area contributed by atoms with Crippen molar-refractivity contribution in [2.75, 3.05) is 32.0 Å². The number of nitrogens with two attached hydrogens (primary N) is 1. The number of benzene rings is 1. The highest BCUT2D eigenvalue weighted by atomic mass is 19.4. The van der Waals surface area contributed by atoms with Crippen LogP contribution in [0.1, 0.15) is 23.0 Å². The van der Waals surface area contributed by atoms with Gasteiger partial charge in [0.25, 0.3) is 0 Å². The molecule has 1 aliphatic rings. The number of anilines is 1. The molecule has 1 unspecified atom stereocenters. The van der Waals surface area contributed by atoms with Gasteiger partial charge in [0.2, 0.25) is 0 Å². The largest absolute Gasteiger partial charge is 0.435 e. The number of nitrogens with one attached hydrogen (secondary N) is 2. The van der Waals surface area contributed by atoms with E-state index in [1.807, 2.05) is 4.90 Å². The normalized spacial score (nSPS) is 16.7. The maximum Gasteiger partial charge on any atom is 0.435 e. The number of halogens is 7. The van der Waals surface area contributed by atoms with E-state index in [9.17, 15) is 30.7 Å². The van der Waals surface area contributed by atoms with Crippen LogP contribution in [0.4, 0.5) is 36.6 Å². The molecule has 9 nitrogen and oxygen atoms in total. The molecule has 2 aromatic heterocycles. The third kappa shape index (κ3) is 6.02. The highest BCUT2D eigenvalue weighted by molar-refractivity contribution is 6.29. The first-order chi connectivity index (χ1) is 17.9. The number of amidine groups is 1. The summed E-state index contributed by atoms with van der Waals surface area (Å²) in [5, 5.41) is 6.19. The number of aliphatic imine (C=N–C) groups is 2. The van der Waals surface area contributed by atoms with E-state index >= 15 is 0 Å². The van der Waals surface area contributed by atoms with Gasteiger partial charge in [-0.25, -0.2) is 15.2 Å². The van der Waals surface area contributed by atoms with Crippen molar-refractivity contribution >= 4 is 23.5 Å². The molecule has 0 radical (unpaired) electrons. The van der Waals surface area contributed by atoms with Gasteiger partial charge in [0, 0.05) is 38.8 Å². The van der Waals surface area contributed by atoms with Crippen LogP contribution in [0.2, 0.25) is 0 Å². The Morgan fingerprint density at radius 3 is 2.34 bits per heavy atom. The van der Waals surface area contributed by atoms with Gasteiger partial charge >= 0.3 is 12.4 Å². The number of hydrogen-bond acceptors (Lipinski definition) is 7. The molecular formula is C22H22F7N9. The van der Waals surface area contributed by atoms with Crippen molar-refractivity contribution in [3.05, 3.63) is 59.2 Å². The Balaban J connectivity index is 1.63. The molecule has 0 saturated carbocycles. The quantitative estimate of drug-likeness (QED) is 0.138. The second-order valence-electron chi connectivity index (χ2n) is 8.42. The van der Waals surface area contributed by atoms with Crippen molar-refractivity contribution in [2.24, 2.45) is 15.8 Å². The maximum atomic E-state index is 13.5. The minimum atomic E-state index is -4.91. The average molecular weight is 545 g/mol. The zero-order valence-electron chi connectivity index (χ0n) is 19.7. The fourth-order valence-corrected chi connectivity index (χ4v) is 3.98. The second-order valence-corrected chi connectivity index (χ2v) is 8.42. The minimum absolute atomic E-state index is 0.0435. The van der Waals surface area contributed by atoms with Crippen molar-refractivity contribution in [1.82, 2.24) is 24.9 Å². The Morgan fingerprint density at radius 1 is 1.11 bits per heavy atom. The SMILES string of the molecule is CN=CC(=NC1CN(C(CNc2cc(C(F)(F)F)nc3cc(C(F)(F)F)nn23)c2ccc(F)cc2)C1)NN. The van der Waals surface area contributed by atoms with Crippen LogP contribution >= 0.6 is 0 Å². The van der Waals surface area contributed by atoms with Gasteiger partial charge < -0.3 is 10.7 Å². The summed E-state index contributed by atoms with van der Waals surface area (Å²) in [5.41, 5.74) is -0.332. The van der Waals surface area contributed by atoms with Gasteiger partial charge in [0.05, 0.1) is 18.3 Å². The Morgan fingerprint density at radius 2 is 1.76 bits per heavy atom. The molecule has 1 atom stereocenters. The summed E-state index contributed by atoms with van der Waals surface area (Å²) >= 11 is 0. The molecule has 204 valence electrons. The highest BCUT2D eigenvalue weighted by Crippen LogP contribution is 2.34. The number of rotatable bonds is 7. The molecule has 4 rings (SSSR count). The van der Waals surface area contributed by atoms with Crippen molar-refractivity contribution < 1.29 is 30.7 Å². The molecule has 38 heavy (non-hydrogen) atoms. The Kier molecular flexibility index (Phi) is 7.55. The van der Waals surface area contributed by atoms with Crippen molar-refractivity contribution in [2.45, 2.75) is 24.4 Å². The van der Waals surface area contributed by atoms with E-state index in [2.05, 4.69) is 30.8 Å². The van der Waals surface area contributed by atoms with Crippen LogP contribution in [0.15, 0.2) is 46.4 Å². The number of nitrogens with zero attached hydrogens (tertiary/aromatic N) is 6. The van der Waals surface area contributed by atoms with Gasteiger partial charge in [0.15, 0.2) is 22.9 Å². The molecule has 1 aliphatic heterocycles. The lowest BCUT2D eigenvalue weighted by molar-refractivity contribution is -0.142. The van der Waals surface area contributed by atoms with Crippen LogP contribution in [-0.4, -0.2) is 64.3 Å². The molecule has 16 heteroatoms. The zero-order valence-corrected chi connectivity index (χ0v) is 19.7. The molecule has 3 aromatic rings. The first kappa shape index (κ1) is 27.3. The average Bonchev–Trinajstić information content (AvgIpc) is 3.27. The fourth-order valence-electron chi connectivity index (χ4n) is 3.98. The number of hydrazine groups is 1. The Labute approximate surface area is 211 Å². The standard InChI is InChI=1S/C22H22F7N9/c1-31-9-18(35-30)33-14-10-37(11-14)15(12-2-4-13(23)5-3-12)8-32-19-6-16(21(24,25)26)34-20-7-17(22(27,28)29)36-38(19)20/h2-7,9,14-15,32H,8,10-11,30H2,1H3,(H,33,35). The van der Waals surface area contributed by atoms with Gasteiger partial charge in [-0.2, -0.15) is 36.0 Å². The third-order valence-corrected chi connectivity index (χ3v) is 5.79. The smallest absolute Gasteiger partial charge is 0.368 e. The molecule has 0 aliphatic carbocycles. The lowest BCUT2D eigenvalue weighted by atomic mass is 9.99. The molecule has 0 amide bonds. The maximum absolute atomic E-state index is 13.5. The van der Waals surface area contributed by atoms with E-state index in [1.165, 1.54) is 30.5 Å². The van der Waals surface area contributed by atoms with Gasteiger partial charge in [-0.1, -0.05) is 12.1 Å². The van der Waals surface area contributed by atoms with Gasteiger partial charge in [-0.15, -0.1) is 0 Å². The zero-order chi connectivity index (χ0) is 27.7. The lowest BCUT2D eigenvalue weighted by Gasteiger charge is -2.43. The number of hydrogen-bond donors (Lipinski definition) is 3. The van der Waals surface area contributed by atoms with E-state index in [4.69, 9.17) is 5.84 Å². The molecule has 4 N–H and O–H groups in total. The molecule has 1 saturated heterocycles. The summed E-state index contributed by atoms with van der Waals surface area (Å²) in [6, 6.07) is 5.88. The summed E-state index contributed by atoms with van der Waals surface area (Å²) < 4.78 is 94.2. The number of fused-ring (bicyclic) bond motifs is 1. The number of aromatic nitrogens is 3. The summed E-state index contributed by atoms with van der Waals surface area (Å²) in [5.74, 6) is 4.95. The van der Waals surface area contributed by atoms with E-state index in [0.717, 1.165) is 0 Å². The monoisotopic (exact) mass is 545 g/mol. The first-order valence-electron chi connectivity index (χ1n) is 11.1. The molecule has 0 bridgehead atoms. The van der Waals surface area contributed by atoms with Crippen molar-refractivity contribution in [3.63, 3.8) is 0 Å². The van der Waals surface area contributed by atoms with Crippen LogP contribution in [-0.2, 0) is 12.4 Å². The summed E-state index contributed by atoms with van der Waals surface area (Å²) in [6.07, 6.45) is -8.35. The Hall–Kier alpha value is -3.79. The topological polar surface area (TPSA) is 108 Å². The van der Waals surface area contributed by atoms with Crippen LogP contribution < -0.4 is 16.6 Å². The molecular weight excluding hydrogens is 523 g/mol. The number of likely N-dealkylation sites (tertiary alicyclic amines) is 1. The summed E-state index contributed by atoms with van der Waals surface area (Å²) in [6.45, 7) is 0.802. The predicted molar refractivity (Wildman–Crippen MR) is 125 cm³/mol. The van der Waals surface area contributed by atoms with E-state index in [-0.39, 0.29) is 18.4 Å². The van der Waals surface area contributed by atoms with Gasteiger partial charge in [-0.3, -0.25) is 14.9 Å². The second kappa shape index (κ2) is 10.5. The Bertz CT molecular complexity index is 1320.